The molecule has 0 aromatic carbocycles. The molecule has 1 saturated carbocycles. The summed E-state index contributed by atoms with van der Waals surface area (Å²) in [7, 11) is 0. The van der Waals surface area contributed by atoms with E-state index >= 15 is 0 Å². The van der Waals surface area contributed by atoms with E-state index in [0.717, 1.165) is 25.7 Å². The summed E-state index contributed by atoms with van der Waals surface area (Å²) in [6.07, 6.45) is 5.00. The fourth-order valence-electron chi connectivity index (χ4n) is 1.70. The number of hydrogen-bond donors (Lipinski definition) is 1. The van der Waals surface area contributed by atoms with Crippen molar-refractivity contribution in [2.24, 2.45) is 0 Å². The second-order valence-electron chi connectivity index (χ2n) is 3.67. The van der Waals surface area contributed by atoms with Crippen molar-refractivity contribution in [3.63, 3.8) is 0 Å². The van der Waals surface area contributed by atoms with Gasteiger partial charge in [-0.3, -0.25) is 0 Å². The Morgan fingerprint density at radius 3 is 2.19 bits per heavy atom. The first-order valence-corrected chi connectivity index (χ1v) is 8.80. The van der Waals surface area contributed by atoms with E-state index in [0.29, 0.717) is 0 Å². The molecule has 0 bridgehead atoms. The first-order chi connectivity index (χ1) is 6.47. The number of nitrogens with one attached hydrogen (secondary N) is 1. The Balaban J connectivity index is 0. The topological polar surface area (TPSA) is 75.2 Å². The van der Waals surface area contributed by atoms with Crippen molar-refractivity contribution in [1.29, 1.82) is 0 Å². The van der Waals surface area contributed by atoms with Crippen molar-refractivity contribution in [2.45, 2.75) is 38.1 Å². The Morgan fingerprint density at radius 1 is 1.25 bits per heavy atom. The van der Waals surface area contributed by atoms with Gasteiger partial charge in [0, 0.05) is 0 Å². The molecule has 0 heterocycles. The van der Waals surface area contributed by atoms with E-state index in [1.54, 1.807) is 0 Å². The van der Waals surface area contributed by atoms with E-state index in [1.807, 2.05) is 15.1 Å². The van der Waals surface area contributed by atoms with Crippen LogP contribution >= 0.6 is 5.96 Å². The van der Waals surface area contributed by atoms with Crippen LogP contribution in [0.4, 0.5) is 0 Å². The molecular formula is C8H14NNa2O3PSe. The maximum atomic E-state index is 11.2. The van der Waals surface area contributed by atoms with Crippen LogP contribution in [0, 0.1) is 0 Å². The molecule has 4 nitrogen and oxygen atoms in total. The summed E-state index contributed by atoms with van der Waals surface area (Å²) in [5.74, 6) is -3.96. The molecule has 82 valence electrons. The molecule has 1 fully saturated rings. The Kier molecular flexibility index (Phi) is 13.1. The van der Waals surface area contributed by atoms with Crippen molar-refractivity contribution >= 4 is 27.0 Å². The molecule has 16 heavy (non-hydrogen) atoms. The molecule has 8 heteroatoms. The monoisotopic (exact) mass is 329 g/mol. The van der Waals surface area contributed by atoms with E-state index in [2.05, 4.69) is 5.32 Å². The van der Waals surface area contributed by atoms with Gasteiger partial charge < -0.3 is 0 Å². The van der Waals surface area contributed by atoms with Crippen LogP contribution in [0.5, 0.6) is 0 Å². The Hall–Kier alpha value is 2.34. The Morgan fingerprint density at radius 2 is 1.75 bits per heavy atom. The largest absolute Gasteiger partial charge is 1.00 e. The molecule has 1 amide bonds. The molecule has 0 radical (unpaired) electrons. The molecule has 1 aliphatic rings. The third kappa shape index (κ3) is 10.3. The van der Waals surface area contributed by atoms with Gasteiger partial charge in [0.25, 0.3) is 0 Å². The van der Waals surface area contributed by atoms with Crippen LogP contribution in [-0.4, -0.2) is 33.2 Å². The fourth-order valence-corrected chi connectivity index (χ4v) is 2.88. The molecule has 0 spiro atoms. The molecule has 0 aromatic heterocycles. The molecule has 1 rings (SSSR count). The summed E-state index contributed by atoms with van der Waals surface area (Å²) in [6.45, 7) is 0. The van der Waals surface area contributed by atoms with Crippen LogP contribution in [0.2, 0.25) is 0 Å². The molecular weight excluding hydrogens is 314 g/mol. The minimum Gasteiger partial charge on any atom is 1.00 e. The van der Waals surface area contributed by atoms with E-state index < -0.39 is 12.1 Å². The first kappa shape index (κ1) is 20.7. The number of hydrogen-bond acceptors (Lipinski definition) is 3. The van der Waals surface area contributed by atoms with Crippen molar-refractivity contribution in [2.75, 3.05) is 6.16 Å². The minimum absolute atomic E-state index is 0. The molecule has 1 N–H and O–H groups in total. The van der Waals surface area contributed by atoms with E-state index in [1.165, 1.54) is 6.42 Å². The number of rotatable bonds is 3. The summed E-state index contributed by atoms with van der Waals surface area (Å²) in [5, 5.41) is 2.74. The predicted molar refractivity (Wildman–Crippen MR) is 52.6 cm³/mol. The SMILES string of the molecule is O=C(CP([O-])([O-])=[Se])NC1CCCCC1.[Na+].[Na+]. The smallest absolute Gasteiger partial charge is 1.00 e. The zero-order valence-corrected chi connectivity index (χ0v) is 16.5. The number of carbonyl (C=O) groups excluding carboxylic acids is 1. The third-order valence-corrected chi connectivity index (χ3v) is 3.79. The van der Waals surface area contributed by atoms with Gasteiger partial charge in [0.1, 0.15) is 0 Å². The maximum Gasteiger partial charge on any atom is 1.00 e. The van der Waals surface area contributed by atoms with E-state index in [9.17, 15) is 14.6 Å². The standard InChI is InChI=1S/C8H16NO3PSe.2Na/c10-8(6-13(11,12)14)9-7-4-2-1-3-5-7;;/h7H,1-6H2,(H,9,10)(H2,11,12,14);;/q;2*+1/p-2. The Bertz CT molecular complexity index is 256. The van der Waals surface area contributed by atoms with Gasteiger partial charge in [-0.1, -0.05) is 0 Å². The summed E-state index contributed by atoms with van der Waals surface area (Å²) in [6, 6.07) is 0.183. The predicted octanol–water partition coefficient (Wildman–Crippen LogP) is -6.91. The third-order valence-electron chi connectivity index (χ3n) is 2.31. The maximum absolute atomic E-state index is 11.2. The van der Waals surface area contributed by atoms with Crippen LogP contribution in [0.25, 0.3) is 0 Å². The van der Waals surface area contributed by atoms with Gasteiger partial charge in [-0.25, -0.2) is 0 Å². The molecule has 0 saturated heterocycles. The Labute approximate surface area is 148 Å². The molecule has 0 atom stereocenters. The summed E-state index contributed by atoms with van der Waals surface area (Å²) in [5.41, 5.74) is 0. The molecule has 0 unspecified atom stereocenters. The summed E-state index contributed by atoms with van der Waals surface area (Å²) in [4.78, 5) is 32.8. The number of amides is 1. The first-order valence-electron chi connectivity index (χ1n) is 4.78. The van der Waals surface area contributed by atoms with Gasteiger partial charge >= 0.3 is 150 Å². The quantitative estimate of drug-likeness (QED) is 0.413. The number of carbonyl (C=O) groups is 1. The molecule has 0 aromatic rings. The second kappa shape index (κ2) is 10.2. The molecule has 0 aliphatic heterocycles. The van der Waals surface area contributed by atoms with E-state index in [-0.39, 0.29) is 71.1 Å². The van der Waals surface area contributed by atoms with Crippen LogP contribution in [0.3, 0.4) is 0 Å². The van der Waals surface area contributed by atoms with Crippen LogP contribution in [-0.2, 0) is 4.79 Å². The minimum atomic E-state index is -3.58. The van der Waals surface area contributed by atoms with Crippen molar-refractivity contribution in [1.82, 2.24) is 5.32 Å². The van der Waals surface area contributed by atoms with Gasteiger partial charge in [-0.2, -0.15) is 0 Å². The molecule has 1 aliphatic carbocycles. The van der Waals surface area contributed by atoms with Crippen molar-refractivity contribution in [3.8, 4) is 0 Å². The summed E-state index contributed by atoms with van der Waals surface area (Å²) >= 11 is 2.02. The normalized spacial score (nSPS) is 16.9. The van der Waals surface area contributed by atoms with Gasteiger partial charge in [0.15, 0.2) is 0 Å². The van der Waals surface area contributed by atoms with Gasteiger partial charge in [0.05, 0.1) is 0 Å². The van der Waals surface area contributed by atoms with Crippen LogP contribution < -0.4 is 74.2 Å². The van der Waals surface area contributed by atoms with Gasteiger partial charge in [-0.15, -0.1) is 0 Å². The average molecular weight is 328 g/mol. The second-order valence-corrected chi connectivity index (χ2v) is 8.71. The van der Waals surface area contributed by atoms with E-state index in [4.69, 9.17) is 0 Å². The summed E-state index contributed by atoms with van der Waals surface area (Å²) < 4.78 is 0. The van der Waals surface area contributed by atoms with Crippen molar-refractivity contribution in [3.05, 3.63) is 0 Å². The fraction of sp³-hybridized carbons (Fsp3) is 0.875. The van der Waals surface area contributed by atoms with Gasteiger partial charge in [0.2, 0.25) is 0 Å². The zero-order chi connectivity index (χ0) is 10.6. The average Bonchev–Trinajstić information content (AvgIpc) is 2.02. The van der Waals surface area contributed by atoms with Crippen molar-refractivity contribution < 1.29 is 73.7 Å². The zero-order valence-electron chi connectivity index (χ0n) is 9.90. The van der Waals surface area contributed by atoms with Gasteiger partial charge in [-0.05, 0) is 0 Å². The van der Waals surface area contributed by atoms with Crippen LogP contribution in [0.15, 0.2) is 0 Å². The van der Waals surface area contributed by atoms with Crippen LogP contribution in [0.1, 0.15) is 32.1 Å².